The van der Waals surface area contributed by atoms with Crippen molar-refractivity contribution in [2.45, 2.75) is 0 Å². The van der Waals surface area contributed by atoms with Gasteiger partial charge in [0.1, 0.15) is 5.75 Å². The molecule has 0 radical (unpaired) electrons. The van der Waals surface area contributed by atoms with E-state index in [1.54, 1.807) is 60.7 Å². The van der Waals surface area contributed by atoms with Gasteiger partial charge in [0.25, 0.3) is 0 Å². The molecule has 0 bridgehead atoms. The van der Waals surface area contributed by atoms with Crippen LogP contribution in [0.1, 0.15) is 26.3 Å². The number of halogens is 1. The summed E-state index contributed by atoms with van der Waals surface area (Å²) in [5.74, 6) is -0.159. The molecule has 0 fully saturated rings. The first kappa shape index (κ1) is 17.8. The Balaban J connectivity index is 1.77. The maximum absolute atomic E-state index is 12.3. The topological polar surface area (TPSA) is 43.4 Å². The molecule has 0 aliphatic carbocycles. The molecule has 0 N–H and O–H groups in total. The largest absolute Gasteiger partial charge is 0.422 e. The summed E-state index contributed by atoms with van der Waals surface area (Å²) in [5, 5.41) is 0. The molecule has 0 aliphatic heterocycles. The maximum Gasteiger partial charge on any atom is 0.343 e. The van der Waals surface area contributed by atoms with Crippen molar-refractivity contribution in [1.82, 2.24) is 0 Å². The number of esters is 1. The van der Waals surface area contributed by atoms with E-state index in [0.717, 1.165) is 4.47 Å². The Kier molecular flexibility index (Phi) is 5.77. The van der Waals surface area contributed by atoms with Crippen molar-refractivity contribution in [3.63, 3.8) is 0 Å². The van der Waals surface area contributed by atoms with Gasteiger partial charge in [-0.3, -0.25) is 4.79 Å². The molecule has 4 heteroatoms. The van der Waals surface area contributed by atoms with Crippen molar-refractivity contribution >= 4 is 33.8 Å². The van der Waals surface area contributed by atoms with Crippen LogP contribution in [0, 0.1) is 0 Å². The molecule has 0 saturated carbocycles. The number of carbonyl (C=O) groups excluding carboxylic acids is 2. The molecular weight excluding hydrogens is 392 g/mol. The van der Waals surface area contributed by atoms with Gasteiger partial charge >= 0.3 is 5.97 Å². The van der Waals surface area contributed by atoms with Crippen molar-refractivity contribution in [3.05, 3.63) is 106 Å². The molecule has 26 heavy (non-hydrogen) atoms. The Hall–Kier alpha value is -2.98. The van der Waals surface area contributed by atoms with E-state index in [2.05, 4.69) is 15.9 Å². The van der Waals surface area contributed by atoms with Gasteiger partial charge < -0.3 is 4.74 Å². The highest BCUT2D eigenvalue weighted by molar-refractivity contribution is 9.10. The van der Waals surface area contributed by atoms with E-state index >= 15 is 0 Å². The van der Waals surface area contributed by atoms with Crippen LogP contribution >= 0.6 is 15.9 Å². The molecule has 0 aliphatic rings. The number of ketones is 1. The molecule has 0 atom stereocenters. The molecule has 0 saturated heterocycles. The number of para-hydroxylation sites is 1. The van der Waals surface area contributed by atoms with Crippen LogP contribution in [-0.4, -0.2) is 11.8 Å². The standard InChI is InChI=1S/C22H15BrO3/c23-19-13-10-16(11-14-19)20(24)15-12-17-6-4-5-9-21(17)26-22(25)18-7-2-1-3-8-18/h1-15H. The molecule has 3 aromatic rings. The van der Waals surface area contributed by atoms with Crippen LogP contribution < -0.4 is 4.74 Å². The molecule has 0 spiro atoms. The quantitative estimate of drug-likeness (QED) is 0.241. The zero-order valence-electron chi connectivity index (χ0n) is 13.8. The van der Waals surface area contributed by atoms with E-state index < -0.39 is 5.97 Å². The van der Waals surface area contributed by atoms with E-state index in [4.69, 9.17) is 4.74 Å². The summed E-state index contributed by atoms with van der Waals surface area (Å²) in [6.07, 6.45) is 3.12. The Labute approximate surface area is 160 Å². The molecule has 3 nitrogen and oxygen atoms in total. The van der Waals surface area contributed by atoms with Crippen LogP contribution in [0.15, 0.2) is 89.4 Å². The Morgan fingerprint density at radius 3 is 2.15 bits per heavy atom. The highest BCUT2D eigenvalue weighted by Gasteiger charge is 2.10. The van der Waals surface area contributed by atoms with Gasteiger partial charge in [-0.1, -0.05) is 52.3 Å². The summed E-state index contributed by atoms with van der Waals surface area (Å²) in [7, 11) is 0. The van der Waals surface area contributed by atoms with Crippen molar-refractivity contribution < 1.29 is 14.3 Å². The average Bonchev–Trinajstić information content (AvgIpc) is 2.68. The third-order valence-corrected chi connectivity index (χ3v) is 4.20. The molecular formula is C22H15BrO3. The first-order valence-electron chi connectivity index (χ1n) is 7.98. The highest BCUT2D eigenvalue weighted by atomic mass is 79.9. The van der Waals surface area contributed by atoms with E-state index in [1.165, 1.54) is 6.08 Å². The first-order chi connectivity index (χ1) is 12.6. The minimum atomic E-state index is -0.439. The highest BCUT2D eigenvalue weighted by Crippen LogP contribution is 2.21. The second kappa shape index (κ2) is 8.41. The normalized spacial score (nSPS) is 10.7. The monoisotopic (exact) mass is 406 g/mol. The summed E-state index contributed by atoms with van der Waals surface area (Å²) in [6, 6.07) is 23.0. The van der Waals surface area contributed by atoms with Crippen LogP contribution in [0.5, 0.6) is 5.75 Å². The van der Waals surface area contributed by atoms with Crippen molar-refractivity contribution in [2.24, 2.45) is 0 Å². The number of rotatable bonds is 5. The fraction of sp³-hybridized carbons (Fsp3) is 0. The molecule has 0 heterocycles. The molecule has 0 unspecified atom stereocenters. The third kappa shape index (κ3) is 4.55. The summed E-state index contributed by atoms with van der Waals surface area (Å²) >= 11 is 3.34. The molecule has 0 amide bonds. The second-order valence-corrected chi connectivity index (χ2v) is 6.41. The van der Waals surface area contributed by atoms with E-state index in [1.807, 2.05) is 24.3 Å². The van der Waals surface area contributed by atoms with E-state index in [0.29, 0.717) is 22.4 Å². The van der Waals surface area contributed by atoms with Crippen molar-refractivity contribution in [3.8, 4) is 5.75 Å². The SMILES string of the molecule is O=C(C=Cc1ccccc1OC(=O)c1ccccc1)c1ccc(Br)cc1. The summed E-state index contributed by atoms with van der Waals surface area (Å²) in [5.41, 5.74) is 1.71. The minimum absolute atomic E-state index is 0.123. The summed E-state index contributed by atoms with van der Waals surface area (Å²) in [4.78, 5) is 24.5. The van der Waals surface area contributed by atoms with Gasteiger partial charge in [-0.2, -0.15) is 0 Å². The first-order valence-corrected chi connectivity index (χ1v) is 8.77. The van der Waals surface area contributed by atoms with E-state index in [-0.39, 0.29) is 5.78 Å². The van der Waals surface area contributed by atoms with Crippen molar-refractivity contribution in [1.29, 1.82) is 0 Å². The van der Waals surface area contributed by atoms with Gasteiger partial charge in [-0.15, -0.1) is 0 Å². The van der Waals surface area contributed by atoms with Gasteiger partial charge in [0.15, 0.2) is 5.78 Å². The second-order valence-electron chi connectivity index (χ2n) is 5.50. The van der Waals surface area contributed by atoms with Crippen LogP contribution in [0.4, 0.5) is 0 Å². The smallest absolute Gasteiger partial charge is 0.343 e. The predicted molar refractivity (Wildman–Crippen MR) is 105 cm³/mol. The van der Waals surface area contributed by atoms with E-state index in [9.17, 15) is 9.59 Å². The number of benzene rings is 3. The van der Waals surface area contributed by atoms with Gasteiger partial charge in [0.2, 0.25) is 0 Å². The predicted octanol–water partition coefficient (Wildman–Crippen LogP) is 5.56. The van der Waals surface area contributed by atoms with Crippen molar-refractivity contribution in [2.75, 3.05) is 0 Å². The number of hydrogen-bond donors (Lipinski definition) is 0. The van der Waals surface area contributed by atoms with Crippen LogP contribution in [0.3, 0.4) is 0 Å². The van der Waals surface area contributed by atoms with Gasteiger partial charge in [0, 0.05) is 15.6 Å². The van der Waals surface area contributed by atoms with Gasteiger partial charge in [0.05, 0.1) is 5.56 Å². The number of hydrogen-bond acceptors (Lipinski definition) is 3. The lowest BCUT2D eigenvalue weighted by Crippen LogP contribution is -2.08. The summed E-state index contributed by atoms with van der Waals surface area (Å²) < 4.78 is 6.39. The third-order valence-electron chi connectivity index (χ3n) is 3.67. The zero-order valence-corrected chi connectivity index (χ0v) is 15.3. The molecule has 128 valence electrons. The lowest BCUT2D eigenvalue weighted by Gasteiger charge is -2.07. The Morgan fingerprint density at radius 2 is 1.42 bits per heavy atom. The fourth-order valence-corrected chi connectivity index (χ4v) is 2.58. The van der Waals surface area contributed by atoms with Crippen LogP contribution in [-0.2, 0) is 0 Å². The molecule has 3 rings (SSSR count). The lowest BCUT2D eigenvalue weighted by molar-refractivity contribution is 0.0734. The minimum Gasteiger partial charge on any atom is -0.422 e. The van der Waals surface area contributed by atoms with Crippen LogP contribution in [0.2, 0.25) is 0 Å². The Bertz CT molecular complexity index is 945. The maximum atomic E-state index is 12.3. The van der Waals surface area contributed by atoms with Gasteiger partial charge in [-0.25, -0.2) is 4.79 Å². The lowest BCUT2D eigenvalue weighted by atomic mass is 10.1. The number of ether oxygens (including phenoxy) is 1. The van der Waals surface area contributed by atoms with Gasteiger partial charge in [-0.05, 0) is 54.6 Å². The molecule has 3 aromatic carbocycles. The number of allylic oxidation sites excluding steroid dienone is 1. The number of carbonyl (C=O) groups is 2. The fourth-order valence-electron chi connectivity index (χ4n) is 2.32. The van der Waals surface area contributed by atoms with Crippen LogP contribution in [0.25, 0.3) is 6.08 Å². The average molecular weight is 407 g/mol. The summed E-state index contributed by atoms with van der Waals surface area (Å²) in [6.45, 7) is 0. The zero-order chi connectivity index (χ0) is 18.4. The Morgan fingerprint density at radius 1 is 0.769 bits per heavy atom. The molecule has 0 aromatic heterocycles.